The van der Waals surface area contributed by atoms with Crippen LogP contribution in [0, 0.1) is 0 Å². The minimum absolute atomic E-state index is 0.00321. The van der Waals surface area contributed by atoms with Crippen LogP contribution >= 0.6 is 23.4 Å². The van der Waals surface area contributed by atoms with Crippen molar-refractivity contribution >= 4 is 35.0 Å². The highest BCUT2D eigenvalue weighted by molar-refractivity contribution is 8.01. The van der Waals surface area contributed by atoms with Gasteiger partial charge in [-0.3, -0.25) is 4.79 Å². The molecule has 0 radical (unpaired) electrons. The number of anilines is 1. The molecule has 1 aliphatic rings. The summed E-state index contributed by atoms with van der Waals surface area (Å²) in [5.74, 6) is 0.00321. The zero-order valence-electron chi connectivity index (χ0n) is 9.97. The predicted molar refractivity (Wildman–Crippen MR) is 77.7 cm³/mol. The zero-order valence-corrected chi connectivity index (χ0v) is 11.5. The number of carbonyl (C=O) groups excluding carboxylic acids is 1. The van der Waals surface area contributed by atoms with Gasteiger partial charge in [0.15, 0.2) is 0 Å². The third kappa shape index (κ3) is 2.74. The molecular weight excluding hydrogens is 280 g/mol. The van der Waals surface area contributed by atoms with E-state index in [2.05, 4.69) is 22.4 Å². The fourth-order valence-electron chi connectivity index (χ4n) is 2.03. The van der Waals surface area contributed by atoms with E-state index in [1.54, 1.807) is 30.1 Å². The van der Waals surface area contributed by atoms with E-state index in [0.717, 1.165) is 6.42 Å². The molecule has 96 valence electrons. The first-order valence-electron chi connectivity index (χ1n) is 5.89. The van der Waals surface area contributed by atoms with E-state index in [1.807, 2.05) is 12.1 Å². The molecule has 0 saturated carbocycles. The molecule has 0 aliphatic carbocycles. The van der Waals surface area contributed by atoms with Gasteiger partial charge in [-0.1, -0.05) is 29.8 Å². The van der Waals surface area contributed by atoms with Gasteiger partial charge in [0.1, 0.15) is 5.15 Å². The fourth-order valence-corrected chi connectivity index (χ4v) is 3.40. The number of hydrogen-bond donors (Lipinski definition) is 1. The van der Waals surface area contributed by atoms with Crippen molar-refractivity contribution in [1.29, 1.82) is 0 Å². The molecule has 3 rings (SSSR count). The molecule has 2 aromatic rings. The van der Waals surface area contributed by atoms with Gasteiger partial charge in [-0.2, -0.15) is 0 Å². The molecule has 1 aromatic carbocycles. The molecule has 1 aliphatic heterocycles. The molecule has 0 fully saturated rings. The molecular formula is C14H11ClN2OS. The van der Waals surface area contributed by atoms with E-state index >= 15 is 0 Å². The Labute approximate surface area is 120 Å². The molecule has 1 aromatic heterocycles. The van der Waals surface area contributed by atoms with E-state index < -0.39 is 0 Å². The van der Waals surface area contributed by atoms with E-state index in [9.17, 15) is 4.79 Å². The van der Waals surface area contributed by atoms with Crippen molar-refractivity contribution in [3.05, 3.63) is 53.3 Å². The molecule has 3 nitrogen and oxygen atoms in total. The quantitative estimate of drug-likeness (QED) is 0.862. The maximum atomic E-state index is 12.2. The number of pyridine rings is 1. The highest BCUT2D eigenvalue weighted by Crippen LogP contribution is 2.37. The Balaban J connectivity index is 1.70. The van der Waals surface area contributed by atoms with Crippen molar-refractivity contribution in [2.45, 2.75) is 16.6 Å². The molecule has 1 amide bonds. The Morgan fingerprint density at radius 1 is 1.37 bits per heavy atom. The molecule has 1 unspecified atom stereocenters. The first-order valence-corrected chi connectivity index (χ1v) is 7.15. The van der Waals surface area contributed by atoms with Gasteiger partial charge < -0.3 is 5.32 Å². The van der Waals surface area contributed by atoms with Crippen molar-refractivity contribution in [3.63, 3.8) is 0 Å². The van der Waals surface area contributed by atoms with Crippen LogP contribution in [0.5, 0.6) is 0 Å². The second kappa shape index (κ2) is 5.23. The van der Waals surface area contributed by atoms with Gasteiger partial charge in [0.2, 0.25) is 5.91 Å². The Hall–Kier alpha value is -1.52. The van der Waals surface area contributed by atoms with Crippen molar-refractivity contribution < 1.29 is 4.79 Å². The summed E-state index contributed by atoms with van der Waals surface area (Å²) in [7, 11) is 0. The summed E-state index contributed by atoms with van der Waals surface area (Å²) in [6.45, 7) is 0. The van der Waals surface area contributed by atoms with E-state index in [0.29, 0.717) is 10.8 Å². The number of fused-ring (bicyclic) bond motifs is 1. The number of benzene rings is 1. The van der Waals surface area contributed by atoms with Crippen molar-refractivity contribution in [2.24, 2.45) is 0 Å². The number of nitrogens with zero attached hydrogens (tertiary/aromatic N) is 1. The van der Waals surface area contributed by atoms with E-state index in [-0.39, 0.29) is 11.2 Å². The number of amides is 1. The lowest BCUT2D eigenvalue weighted by Gasteiger charge is -2.09. The fraction of sp³-hybridized carbons (Fsp3) is 0.143. The maximum absolute atomic E-state index is 12.2. The number of rotatable bonds is 2. The van der Waals surface area contributed by atoms with E-state index in [4.69, 9.17) is 11.6 Å². The third-order valence-electron chi connectivity index (χ3n) is 2.93. The number of thioether (sulfide) groups is 1. The molecule has 1 N–H and O–H groups in total. The van der Waals surface area contributed by atoms with Gasteiger partial charge in [-0.05, 0) is 30.2 Å². The number of hydrogen-bond acceptors (Lipinski definition) is 3. The lowest BCUT2D eigenvalue weighted by molar-refractivity contribution is -0.115. The minimum Gasteiger partial charge on any atom is -0.325 e. The van der Waals surface area contributed by atoms with Crippen LogP contribution < -0.4 is 5.32 Å². The SMILES string of the molecule is O=C(Nc1ccnc(Cl)c1)C1Cc2ccccc2S1. The van der Waals surface area contributed by atoms with Crippen LogP contribution in [-0.2, 0) is 11.2 Å². The molecule has 1 atom stereocenters. The summed E-state index contributed by atoms with van der Waals surface area (Å²) in [5, 5.41) is 3.17. The van der Waals surface area contributed by atoms with Crippen LogP contribution in [0.15, 0.2) is 47.5 Å². The molecule has 0 saturated heterocycles. The Morgan fingerprint density at radius 2 is 2.21 bits per heavy atom. The summed E-state index contributed by atoms with van der Waals surface area (Å²) < 4.78 is 0. The van der Waals surface area contributed by atoms with Gasteiger partial charge in [0, 0.05) is 16.8 Å². The Morgan fingerprint density at radius 3 is 3.00 bits per heavy atom. The zero-order chi connectivity index (χ0) is 13.2. The van der Waals surface area contributed by atoms with Crippen LogP contribution in [0.3, 0.4) is 0 Å². The summed E-state index contributed by atoms with van der Waals surface area (Å²) in [6.07, 6.45) is 2.35. The molecule has 0 bridgehead atoms. The van der Waals surface area contributed by atoms with Crippen molar-refractivity contribution in [3.8, 4) is 0 Å². The summed E-state index contributed by atoms with van der Waals surface area (Å²) in [4.78, 5) is 17.3. The van der Waals surface area contributed by atoms with Crippen molar-refractivity contribution in [1.82, 2.24) is 4.98 Å². The van der Waals surface area contributed by atoms with Gasteiger partial charge in [-0.15, -0.1) is 11.8 Å². The van der Waals surface area contributed by atoms with Crippen LogP contribution in [0.1, 0.15) is 5.56 Å². The number of nitrogens with one attached hydrogen (secondary N) is 1. The maximum Gasteiger partial charge on any atom is 0.238 e. The number of carbonyl (C=O) groups is 1. The smallest absolute Gasteiger partial charge is 0.238 e. The van der Waals surface area contributed by atoms with E-state index in [1.165, 1.54) is 10.5 Å². The first-order chi connectivity index (χ1) is 9.22. The predicted octanol–water partition coefficient (Wildman–Crippen LogP) is 3.39. The first kappa shape index (κ1) is 12.5. The molecule has 0 spiro atoms. The van der Waals surface area contributed by atoms with Gasteiger partial charge in [0.25, 0.3) is 0 Å². The van der Waals surface area contributed by atoms with Crippen LogP contribution in [0.25, 0.3) is 0 Å². The average Bonchev–Trinajstić information content (AvgIpc) is 2.82. The molecule has 5 heteroatoms. The van der Waals surface area contributed by atoms with Crippen LogP contribution in [0.4, 0.5) is 5.69 Å². The number of aromatic nitrogens is 1. The molecule has 19 heavy (non-hydrogen) atoms. The minimum atomic E-state index is -0.0793. The Bertz CT molecular complexity index is 607. The lowest BCUT2D eigenvalue weighted by Crippen LogP contribution is -2.24. The van der Waals surface area contributed by atoms with Crippen LogP contribution in [0.2, 0.25) is 5.15 Å². The summed E-state index contributed by atoms with van der Waals surface area (Å²) in [5.41, 5.74) is 1.92. The molecule has 2 heterocycles. The monoisotopic (exact) mass is 290 g/mol. The highest BCUT2D eigenvalue weighted by Gasteiger charge is 2.27. The summed E-state index contributed by atoms with van der Waals surface area (Å²) in [6, 6.07) is 11.5. The van der Waals surface area contributed by atoms with Crippen molar-refractivity contribution in [2.75, 3.05) is 5.32 Å². The highest BCUT2D eigenvalue weighted by atomic mass is 35.5. The summed E-state index contributed by atoms with van der Waals surface area (Å²) >= 11 is 7.40. The van der Waals surface area contributed by atoms with Gasteiger partial charge >= 0.3 is 0 Å². The topological polar surface area (TPSA) is 42.0 Å². The largest absolute Gasteiger partial charge is 0.325 e. The van der Waals surface area contributed by atoms with Gasteiger partial charge in [0.05, 0.1) is 5.25 Å². The normalized spacial score (nSPS) is 17.0. The third-order valence-corrected chi connectivity index (χ3v) is 4.46. The second-order valence-corrected chi connectivity index (χ2v) is 5.91. The second-order valence-electron chi connectivity index (χ2n) is 4.27. The standard InChI is InChI=1S/C14H11ClN2OS/c15-13-8-10(5-6-16-13)17-14(18)12-7-9-3-1-2-4-11(9)19-12/h1-6,8,12H,7H2,(H,16,17,18). The average molecular weight is 291 g/mol. The Kier molecular flexibility index (Phi) is 3.44. The lowest BCUT2D eigenvalue weighted by atomic mass is 10.1. The van der Waals surface area contributed by atoms with Gasteiger partial charge in [-0.25, -0.2) is 4.98 Å². The van der Waals surface area contributed by atoms with Crippen LogP contribution in [-0.4, -0.2) is 16.1 Å². The number of halogens is 1.